The monoisotopic (exact) mass is 237 g/mol. The summed E-state index contributed by atoms with van der Waals surface area (Å²) in [4.78, 5) is 11.0. The van der Waals surface area contributed by atoms with Gasteiger partial charge in [-0.25, -0.2) is 0 Å². The third-order valence-corrected chi connectivity index (χ3v) is 2.73. The predicted molar refractivity (Wildman–Crippen MR) is 68.5 cm³/mol. The lowest BCUT2D eigenvalue weighted by atomic mass is 9.96. The smallest absolute Gasteiger partial charge is 0.150 e. The first-order valence-electron chi connectivity index (χ1n) is 5.43. The van der Waals surface area contributed by atoms with Crippen LogP contribution in [0.2, 0.25) is 0 Å². The van der Waals surface area contributed by atoms with Crippen molar-refractivity contribution in [3.63, 3.8) is 0 Å². The quantitative estimate of drug-likeness (QED) is 0.771. The highest BCUT2D eigenvalue weighted by molar-refractivity contribution is 5.89. The third-order valence-electron chi connectivity index (χ3n) is 2.73. The molecule has 3 heteroatoms. The summed E-state index contributed by atoms with van der Waals surface area (Å²) in [5.41, 5.74) is 2.52. The van der Waals surface area contributed by atoms with Crippen molar-refractivity contribution < 1.29 is 9.53 Å². The minimum Gasteiger partial charge on any atom is -0.497 e. The number of nitrogens with zero attached hydrogens (tertiary/aromatic N) is 1. The maximum absolute atomic E-state index is 11.0. The Balaban J connectivity index is 2.69. The van der Waals surface area contributed by atoms with Crippen molar-refractivity contribution in [1.29, 1.82) is 5.26 Å². The maximum atomic E-state index is 11.0. The number of ether oxygens (including phenoxy) is 1. The standard InChI is InChI=1S/C15H11NO2/c1-18-13-7-6-11(9-16)15(8-13)14-5-3-2-4-12(14)10-17/h2-8,10H,1H3. The van der Waals surface area contributed by atoms with Crippen molar-refractivity contribution in [1.82, 2.24) is 0 Å². The Morgan fingerprint density at radius 3 is 2.61 bits per heavy atom. The van der Waals surface area contributed by atoms with E-state index in [9.17, 15) is 4.79 Å². The lowest BCUT2D eigenvalue weighted by Gasteiger charge is -2.09. The normalized spacial score (nSPS) is 9.56. The Bertz CT molecular complexity index is 627. The number of benzene rings is 2. The van der Waals surface area contributed by atoms with Gasteiger partial charge in [0.25, 0.3) is 0 Å². The van der Waals surface area contributed by atoms with Crippen molar-refractivity contribution in [2.45, 2.75) is 0 Å². The summed E-state index contributed by atoms with van der Waals surface area (Å²) in [6.07, 6.45) is 0.788. The molecule has 0 radical (unpaired) electrons. The van der Waals surface area contributed by atoms with Crippen molar-refractivity contribution in [2.24, 2.45) is 0 Å². The largest absolute Gasteiger partial charge is 0.497 e. The Morgan fingerprint density at radius 1 is 1.17 bits per heavy atom. The zero-order valence-corrected chi connectivity index (χ0v) is 9.88. The van der Waals surface area contributed by atoms with Gasteiger partial charge in [-0.2, -0.15) is 5.26 Å². The van der Waals surface area contributed by atoms with E-state index in [0.717, 1.165) is 11.8 Å². The van der Waals surface area contributed by atoms with Crippen LogP contribution in [0.15, 0.2) is 42.5 Å². The van der Waals surface area contributed by atoms with E-state index in [1.54, 1.807) is 37.4 Å². The van der Waals surface area contributed by atoms with Crippen LogP contribution in [0.5, 0.6) is 5.75 Å². The van der Waals surface area contributed by atoms with E-state index in [1.165, 1.54) is 0 Å². The van der Waals surface area contributed by atoms with Gasteiger partial charge < -0.3 is 4.74 Å². The fourth-order valence-electron chi connectivity index (χ4n) is 1.82. The Labute approximate surface area is 105 Å². The number of nitriles is 1. The molecule has 2 rings (SSSR count). The second-order valence-electron chi connectivity index (χ2n) is 3.73. The van der Waals surface area contributed by atoms with E-state index < -0.39 is 0 Å². The van der Waals surface area contributed by atoms with Crippen molar-refractivity contribution in [3.8, 4) is 22.9 Å². The van der Waals surface area contributed by atoms with E-state index in [1.807, 2.05) is 12.1 Å². The van der Waals surface area contributed by atoms with Gasteiger partial charge in [-0.1, -0.05) is 24.3 Å². The summed E-state index contributed by atoms with van der Waals surface area (Å²) in [6.45, 7) is 0. The predicted octanol–water partition coefficient (Wildman–Crippen LogP) is 3.05. The maximum Gasteiger partial charge on any atom is 0.150 e. The van der Waals surface area contributed by atoms with Crippen molar-refractivity contribution in [2.75, 3.05) is 7.11 Å². The molecule has 0 saturated carbocycles. The van der Waals surface area contributed by atoms with Gasteiger partial charge >= 0.3 is 0 Å². The molecule has 0 heterocycles. The van der Waals surface area contributed by atoms with E-state index in [0.29, 0.717) is 22.4 Å². The minimum absolute atomic E-state index is 0.519. The van der Waals surface area contributed by atoms with Gasteiger partial charge in [0.15, 0.2) is 6.29 Å². The van der Waals surface area contributed by atoms with Gasteiger partial charge in [0.2, 0.25) is 0 Å². The first-order chi connectivity index (χ1) is 8.80. The topological polar surface area (TPSA) is 50.1 Å². The highest BCUT2D eigenvalue weighted by Gasteiger charge is 2.10. The average molecular weight is 237 g/mol. The molecule has 18 heavy (non-hydrogen) atoms. The van der Waals surface area contributed by atoms with Gasteiger partial charge in [0.05, 0.1) is 18.7 Å². The molecule has 0 aliphatic carbocycles. The number of aldehydes is 1. The van der Waals surface area contributed by atoms with E-state index in [-0.39, 0.29) is 0 Å². The molecule has 0 bridgehead atoms. The zero-order valence-electron chi connectivity index (χ0n) is 9.88. The summed E-state index contributed by atoms with van der Waals surface area (Å²) in [5, 5.41) is 9.13. The third kappa shape index (κ3) is 2.09. The van der Waals surface area contributed by atoms with Crippen LogP contribution >= 0.6 is 0 Å². The zero-order chi connectivity index (χ0) is 13.0. The molecule has 0 N–H and O–H groups in total. The van der Waals surface area contributed by atoms with Crippen LogP contribution < -0.4 is 4.74 Å². The number of methoxy groups -OCH3 is 1. The molecule has 2 aromatic carbocycles. The number of carbonyl (C=O) groups excluding carboxylic acids is 1. The first-order valence-corrected chi connectivity index (χ1v) is 5.43. The highest BCUT2D eigenvalue weighted by Crippen LogP contribution is 2.29. The minimum atomic E-state index is 0.519. The number of hydrogen-bond donors (Lipinski definition) is 0. The fourth-order valence-corrected chi connectivity index (χ4v) is 1.82. The van der Waals surface area contributed by atoms with Crippen molar-refractivity contribution >= 4 is 6.29 Å². The highest BCUT2D eigenvalue weighted by atomic mass is 16.5. The Morgan fingerprint density at radius 2 is 1.94 bits per heavy atom. The summed E-state index contributed by atoms with van der Waals surface area (Å²) in [6, 6.07) is 14.5. The summed E-state index contributed by atoms with van der Waals surface area (Å²) >= 11 is 0. The molecule has 0 saturated heterocycles. The van der Waals surface area contributed by atoms with Crippen LogP contribution in [-0.4, -0.2) is 13.4 Å². The summed E-state index contributed by atoms with van der Waals surface area (Å²) in [7, 11) is 1.57. The Hall–Kier alpha value is -2.60. The molecule has 0 aliphatic rings. The van der Waals surface area contributed by atoms with Crippen LogP contribution in [-0.2, 0) is 0 Å². The molecule has 0 spiro atoms. The molecule has 3 nitrogen and oxygen atoms in total. The van der Waals surface area contributed by atoms with Crippen LogP contribution in [0.1, 0.15) is 15.9 Å². The van der Waals surface area contributed by atoms with Gasteiger partial charge in [0, 0.05) is 11.1 Å². The molecule has 88 valence electrons. The molecular weight excluding hydrogens is 226 g/mol. The second kappa shape index (κ2) is 5.15. The fraction of sp³-hybridized carbons (Fsp3) is 0.0667. The molecule has 0 aliphatic heterocycles. The van der Waals surface area contributed by atoms with E-state index >= 15 is 0 Å². The molecular formula is C15H11NO2. The lowest BCUT2D eigenvalue weighted by Crippen LogP contribution is -1.92. The molecule has 0 unspecified atom stereocenters. The Kier molecular flexibility index (Phi) is 3.40. The van der Waals surface area contributed by atoms with Gasteiger partial charge in [-0.05, 0) is 23.8 Å². The molecule has 0 amide bonds. The molecule has 2 aromatic rings. The molecule has 0 fully saturated rings. The summed E-state index contributed by atoms with van der Waals surface area (Å²) < 4.78 is 5.15. The second-order valence-corrected chi connectivity index (χ2v) is 3.73. The first kappa shape index (κ1) is 11.9. The van der Waals surface area contributed by atoms with Gasteiger partial charge in [0.1, 0.15) is 5.75 Å². The van der Waals surface area contributed by atoms with E-state index in [2.05, 4.69) is 6.07 Å². The number of rotatable bonds is 3. The van der Waals surface area contributed by atoms with Gasteiger partial charge in [-0.15, -0.1) is 0 Å². The average Bonchev–Trinajstić information content (AvgIpc) is 2.46. The van der Waals surface area contributed by atoms with E-state index in [4.69, 9.17) is 10.00 Å². The van der Waals surface area contributed by atoms with Gasteiger partial charge in [-0.3, -0.25) is 4.79 Å². The molecule has 0 aromatic heterocycles. The SMILES string of the molecule is COc1ccc(C#N)c(-c2ccccc2C=O)c1. The van der Waals surface area contributed by atoms with Crippen LogP contribution in [0.4, 0.5) is 0 Å². The van der Waals surface area contributed by atoms with Crippen LogP contribution in [0.25, 0.3) is 11.1 Å². The number of hydrogen-bond acceptors (Lipinski definition) is 3. The molecule has 0 atom stereocenters. The van der Waals surface area contributed by atoms with Crippen molar-refractivity contribution in [3.05, 3.63) is 53.6 Å². The van der Waals surface area contributed by atoms with Crippen LogP contribution in [0, 0.1) is 11.3 Å². The number of carbonyl (C=O) groups is 1. The van der Waals surface area contributed by atoms with Crippen LogP contribution in [0.3, 0.4) is 0 Å². The summed E-state index contributed by atoms with van der Waals surface area (Å²) in [5.74, 6) is 0.657. The lowest BCUT2D eigenvalue weighted by molar-refractivity contribution is 0.112.